The van der Waals surface area contributed by atoms with E-state index in [-0.39, 0.29) is 12.4 Å². The van der Waals surface area contributed by atoms with Crippen molar-refractivity contribution in [2.75, 3.05) is 6.61 Å². The van der Waals surface area contributed by atoms with E-state index in [0.717, 1.165) is 18.4 Å². The lowest BCUT2D eigenvalue weighted by atomic mass is 9.79. The molecule has 0 spiro atoms. The van der Waals surface area contributed by atoms with Crippen LogP contribution in [0.1, 0.15) is 75.1 Å². The molecule has 0 aliphatic rings. The second kappa shape index (κ2) is 8.62. The molecule has 2 aromatic rings. The number of hydrogen-bond acceptors (Lipinski definition) is 1. The predicted octanol–water partition coefficient (Wildman–Crippen LogP) is 6.23. The average Bonchev–Trinajstić information content (AvgIpc) is 2.56. The summed E-state index contributed by atoms with van der Waals surface area (Å²) in [5, 5.41) is 9.68. The molecule has 0 radical (unpaired) electrons. The molecule has 0 bridgehead atoms. The third kappa shape index (κ3) is 4.30. The van der Waals surface area contributed by atoms with Crippen molar-refractivity contribution in [1.82, 2.24) is 0 Å². The number of aliphatic hydroxyl groups is 1. The van der Waals surface area contributed by atoms with Gasteiger partial charge in [-0.2, -0.15) is 0 Å². The smallest absolute Gasteiger partial charge is 0.123 e. The lowest BCUT2D eigenvalue weighted by molar-refractivity contribution is 0.299. The third-order valence-corrected chi connectivity index (χ3v) is 4.85. The summed E-state index contributed by atoms with van der Waals surface area (Å²) in [7, 11) is 0. The van der Waals surface area contributed by atoms with Crippen LogP contribution < -0.4 is 0 Å². The van der Waals surface area contributed by atoms with Gasteiger partial charge in [0.15, 0.2) is 0 Å². The Bertz CT molecular complexity index is 663. The van der Waals surface area contributed by atoms with Crippen LogP contribution in [0.2, 0.25) is 0 Å². The molecule has 0 saturated heterocycles. The van der Waals surface area contributed by atoms with Crippen LogP contribution in [0, 0.1) is 5.82 Å². The molecule has 136 valence electrons. The zero-order valence-electron chi connectivity index (χ0n) is 16.2. The maximum absolute atomic E-state index is 13.5. The zero-order valence-corrected chi connectivity index (χ0v) is 16.2. The van der Waals surface area contributed by atoms with Gasteiger partial charge in [0.1, 0.15) is 5.82 Å². The molecular formula is C23H31FO. The Morgan fingerprint density at radius 2 is 1.40 bits per heavy atom. The highest BCUT2D eigenvalue weighted by molar-refractivity contribution is 5.75. The molecule has 0 saturated carbocycles. The van der Waals surface area contributed by atoms with E-state index in [1.54, 1.807) is 0 Å². The Balaban J connectivity index is 2.87. The Kier molecular flexibility index (Phi) is 6.78. The second-order valence-electron chi connectivity index (χ2n) is 7.43. The average molecular weight is 342 g/mol. The SMILES string of the molecule is CCCc1c(C(C)C)cc(C(C)C)c(CCO)c1-c1ccc(F)cc1. The predicted molar refractivity (Wildman–Crippen MR) is 105 cm³/mol. The summed E-state index contributed by atoms with van der Waals surface area (Å²) in [6.07, 6.45) is 2.69. The van der Waals surface area contributed by atoms with E-state index in [2.05, 4.69) is 40.7 Å². The number of rotatable bonds is 7. The van der Waals surface area contributed by atoms with Crippen molar-refractivity contribution in [3.8, 4) is 11.1 Å². The van der Waals surface area contributed by atoms with Gasteiger partial charge in [-0.05, 0) is 70.2 Å². The topological polar surface area (TPSA) is 20.2 Å². The number of hydrogen-bond donors (Lipinski definition) is 1. The van der Waals surface area contributed by atoms with Gasteiger partial charge in [-0.15, -0.1) is 0 Å². The number of halogens is 1. The van der Waals surface area contributed by atoms with E-state index in [0.29, 0.717) is 18.3 Å². The standard InChI is InChI=1S/C23H31FO/c1-6-7-19-21(15(2)3)14-22(16(4)5)20(12-13-25)23(19)17-8-10-18(24)11-9-17/h8-11,14-16,25H,6-7,12-13H2,1-5H3. The normalized spacial score (nSPS) is 11.6. The molecule has 0 atom stereocenters. The van der Waals surface area contributed by atoms with Gasteiger partial charge in [-0.3, -0.25) is 0 Å². The molecule has 0 amide bonds. The van der Waals surface area contributed by atoms with Crippen LogP contribution in [0.15, 0.2) is 30.3 Å². The number of aliphatic hydroxyl groups excluding tert-OH is 1. The highest BCUT2D eigenvalue weighted by atomic mass is 19.1. The fraction of sp³-hybridized carbons (Fsp3) is 0.478. The Hall–Kier alpha value is -1.67. The molecule has 2 aromatic carbocycles. The van der Waals surface area contributed by atoms with E-state index in [4.69, 9.17) is 0 Å². The van der Waals surface area contributed by atoms with Gasteiger partial charge >= 0.3 is 0 Å². The van der Waals surface area contributed by atoms with Crippen molar-refractivity contribution >= 4 is 0 Å². The molecule has 25 heavy (non-hydrogen) atoms. The lowest BCUT2D eigenvalue weighted by Gasteiger charge is -2.26. The highest BCUT2D eigenvalue weighted by Crippen LogP contribution is 2.39. The van der Waals surface area contributed by atoms with Crippen LogP contribution in [0.25, 0.3) is 11.1 Å². The molecule has 0 aliphatic carbocycles. The first-order chi connectivity index (χ1) is 11.9. The van der Waals surface area contributed by atoms with Crippen LogP contribution in [0.5, 0.6) is 0 Å². The summed E-state index contributed by atoms with van der Waals surface area (Å²) in [5.74, 6) is 0.601. The van der Waals surface area contributed by atoms with Crippen molar-refractivity contribution in [2.45, 2.75) is 65.7 Å². The van der Waals surface area contributed by atoms with Gasteiger partial charge < -0.3 is 5.11 Å². The highest BCUT2D eigenvalue weighted by Gasteiger charge is 2.21. The van der Waals surface area contributed by atoms with Gasteiger partial charge in [0.05, 0.1) is 0 Å². The molecule has 2 rings (SSSR count). The maximum Gasteiger partial charge on any atom is 0.123 e. The molecule has 0 aromatic heterocycles. The first kappa shape index (κ1) is 19.7. The molecular weight excluding hydrogens is 311 g/mol. The Morgan fingerprint density at radius 1 is 0.880 bits per heavy atom. The van der Waals surface area contributed by atoms with E-state index in [1.807, 2.05) is 12.1 Å². The molecule has 0 fully saturated rings. The first-order valence-electron chi connectivity index (χ1n) is 9.45. The van der Waals surface area contributed by atoms with E-state index >= 15 is 0 Å². The minimum atomic E-state index is -0.214. The van der Waals surface area contributed by atoms with Crippen LogP contribution >= 0.6 is 0 Å². The summed E-state index contributed by atoms with van der Waals surface area (Å²) in [5.41, 5.74) is 7.53. The molecule has 2 heteroatoms. The summed E-state index contributed by atoms with van der Waals surface area (Å²) in [4.78, 5) is 0. The quantitative estimate of drug-likeness (QED) is 0.632. The molecule has 0 aliphatic heterocycles. The maximum atomic E-state index is 13.5. The van der Waals surface area contributed by atoms with Crippen molar-refractivity contribution < 1.29 is 9.50 Å². The summed E-state index contributed by atoms with van der Waals surface area (Å²) in [6, 6.07) is 9.16. The van der Waals surface area contributed by atoms with E-state index in [9.17, 15) is 9.50 Å². The monoisotopic (exact) mass is 342 g/mol. The minimum Gasteiger partial charge on any atom is -0.396 e. The largest absolute Gasteiger partial charge is 0.396 e. The Morgan fingerprint density at radius 3 is 1.84 bits per heavy atom. The Labute approximate surface area is 151 Å². The van der Waals surface area contributed by atoms with Crippen LogP contribution in [0.3, 0.4) is 0 Å². The molecule has 1 nitrogen and oxygen atoms in total. The van der Waals surface area contributed by atoms with E-state index < -0.39 is 0 Å². The van der Waals surface area contributed by atoms with Crippen molar-refractivity contribution in [3.05, 3.63) is 58.4 Å². The van der Waals surface area contributed by atoms with Gasteiger partial charge in [0, 0.05) is 6.61 Å². The zero-order chi connectivity index (χ0) is 18.6. The van der Waals surface area contributed by atoms with Gasteiger partial charge in [-0.25, -0.2) is 4.39 Å². The van der Waals surface area contributed by atoms with Gasteiger partial charge in [0.2, 0.25) is 0 Å². The van der Waals surface area contributed by atoms with Crippen molar-refractivity contribution in [2.24, 2.45) is 0 Å². The summed E-state index contributed by atoms with van der Waals surface area (Å²) in [6.45, 7) is 11.2. The number of benzene rings is 2. The second-order valence-corrected chi connectivity index (χ2v) is 7.43. The van der Waals surface area contributed by atoms with Crippen molar-refractivity contribution in [3.63, 3.8) is 0 Å². The minimum absolute atomic E-state index is 0.126. The molecule has 1 N–H and O–H groups in total. The van der Waals surface area contributed by atoms with Crippen LogP contribution in [0.4, 0.5) is 4.39 Å². The van der Waals surface area contributed by atoms with Gasteiger partial charge in [0.25, 0.3) is 0 Å². The lowest BCUT2D eigenvalue weighted by Crippen LogP contribution is -2.10. The molecule has 0 unspecified atom stereocenters. The van der Waals surface area contributed by atoms with Crippen LogP contribution in [-0.4, -0.2) is 11.7 Å². The molecule has 0 heterocycles. The van der Waals surface area contributed by atoms with E-state index in [1.165, 1.54) is 39.9 Å². The summed E-state index contributed by atoms with van der Waals surface area (Å²) < 4.78 is 13.5. The van der Waals surface area contributed by atoms with Crippen LogP contribution in [-0.2, 0) is 12.8 Å². The van der Waals surface area contributed by atoms with Crippen molar-refractivity contribution in [1.29, 1.82) is 0 Å². The third-order valence-electron chi connectivity index (χ3n) is 4.85. The fourth-order valence-corrected chi connectivity index (χ4v) is 3.71. The first-order valence-corrected chi connectivity index (χ1v) is 9.45. The summed E-state index contributed by atoms with van der Waals surface area (Å²) >= 11 is 0. The van der Waals surface area contributed by atoms with Gasteiger partial charge in [-0.1, -0.05) is 59.2 Å². The fourth-order valence-electron chi connectivity index (χ4n) is 3.71.